The first-order chi connectivity index (χ1) is 9.79. The Morgan fingerprint density at radius 1 is 1.10 bits per heavy atom. The van der Waals surface area contributed by atoms with Gasteiger partial charge in [-0.2, -0.15) is 0 Å². The molecule has 1 saturated carbocycles. The lowest BCUT2D eigenvalue weighted by Gasteiger charge is -2.34. The molecule has 118 valence electrons. The van der Waals surface area contributed by atoms with Gasteiger partial charge in [-0.15, -0.1) is 0 Å². The van der Waals surface area contributed by atoms with Gasteiger partial charge in [0.05, 0.1) is 12.7 Å². The summed E-state index contributed by atoms with van der Waals surface area (Å²) in [5.41, 5.74) is 0. The minimum absolute atomic E-state index is 0.550. The molecule has 1 saturated heterocycles. The van der Waals surface area contributed by atoms with Gasteiger partial charge in [-0.25, -0.2) is 0 Å². The van der Waals surface area contributed by atoms with Crippen LogP contribution in [0.1, 0.15) is 58.8 Å². The Bertz CT molecular complexity index is 245. The van der Waals surface area contributed by atoms with Crippen molar-refractivity contribution in [2.45, 2.75) is 70.9 Å². The molecule has 0 aromatic rings. The average molecular weight is 282 g/mol. The van der Waals surface area contributed by atoms with E-state index < -0.39 is 0 Å². The fourth-order valence-corrected chi connectivity index (χ4v) is 3.68. The van der Waals surface area contributed by atoms with E-state index in [1.165, 1.54) is 64.6 Å². The molecule has 20 heavy (non-hydrogen) atoms. The molecule has 0 spiro atoms. The van der Waals surface area contributed by atoms with E-state index in [9.17, 15) is 0 Å². The summed E-state index contributed by atoms with van der Waals surface area (Å²) in [7, 11) is 0. The SMILES string of the molecule is CCN1CCC(C(C)NCCOC2CCCCC2)CC1. The van der Waals surface area contributed by atoms with Crippen molar-refractivity contribution in [3.63, 3.8) is 0 Å². The monoisotopic (exact) mass is 282 g/mol. The molecule has 0 aromatic heterocycles. The molecule has 1 heterocycles. The van der Waals surface area contributed by atoms with Gasteiger partial charge in [0.25, 0.3) is 0 Å². The maximum Gasteiger partial charge on any atom is 0.0594 e. The van der Waals surface area contributed by atoms with Gasteiger partial charge in [-0.1, -0.05) is 26.2 Å². The third-order valence-electron chi connectivity index (χ3n) is 5.26. The predicted molar refractivity (Wildman–Crippen MR) is 85.1 cm³/mol. The van der Waals surface area contributed by atoms with Crippen molar-refractivity contribution in [1.29, 1.82) is 0 Å². The molecule has 3 nitrogen and oxygen atoms in total. The van der Waals surface area contributed by atoms with E-state index in [0.29, 0.717) is 12.1 Å². The van der Waals surface area contributed by atoms with Crippen molar-refractivity contribution in [2.24, 2.45) is 5.92 Å². The summed E-state index contributed by atoms with van der Waals surface area (Å²) >= 11 is 0. The highest BCUT2D eigenvalue weighted by Crippen LogP contribution is 2.21. The Morgan fingerprint density at radius 3 is 2.45 bits per heavy atom. The summed E-state index contributed by atoms with van der Waals surface area (Å²) < 4.78 is 5.98. The number of nitrogens with zero attached hydrogens (tertiary/aromatic N) is 1. The van der Waals surface area contributed by atoms with Crippen LogP contribution in [0.3, 0.4) is 0 Å². The van der Waals surface area contributed by atoms with Crippen LogP contribution in [-0.4, -0.2) is 49.8 Å². The Labute approximate surface area is 125 Å². The van der Waals surface area contributed by atoms with Gasteiger partial charge in [0.1, 0.15) is 0 Å². The fraction of sp³-hybridized carbons (Fsp3) is 1.00. The van der Waals surface area contributed by atoms with E-state index >= 15 is 0 Å². The van der Waals surface area contributed by atoms with Crippen molar-refractivity contribution < 1.29 is 4.74 Å². The molecule has 3 heteroatoms. The number of hydrogen-bond donors (Lipinski definition) is 1. The van der Waals surface area contributed by atoms with E-state index in [1.54, 1.807) is 0 Å². The Hall–Kier alpha value is -0.120. The number of likely N-dealkylation sites (tertiary alicyclic amines) is 1. The lowest BCUT2D eigenvalue weighted by Crippen LogP contribution is -2.42. The predicted octanol–water partition coefficient (Wildman–Crippen LogP) is 3.05. The third kappa shape index (κ3) is 5.34. The molecule has 0 aromatic carbocycles. The van der Waals surface area contributed by atoms with E-state index in [2.05, 4.69) is 24.1 Å². The van der Waals surface area contributed by atoms with Crippen molar-refractivity contribution in [1.82, 2.24) is 10.2 Å². The molecule has 2 rings (SSSR count). The first kappa shape index (κ1) is 16.3. The largest absolute Gasteiger partial charge is 0.377 e. The lowest BCUT2D eigenvalue weighted by molar-refractivity contribution is 0.0283. The summed E-state index contributed by atoms with van der Waals surface area (Å²) in [4.78, 5) is 2.56. The van der Waals surface area contributed by atoms with Gasteiger partial charge in [-0.05, 0) is 58.2 Å². The van der Waals surface area contributed by atoms with Gasteiger partial charge >= 0.3 is 0 Å². The minimum Gasteiger partial charge on any atom is -0.377 e. The fourth-order valence-electron chi connectivity index (χ4n) is 3.68. The molecule has 0 amide bonds. The number of ether oxygens (including phenoxy) is 1. The van der Waals surface area contributed by atoms with E-state index in [0.717, 1.165) is 19.1 Å². The molecule has 1 aliphatic carbocycles. The number of rotatable bonds is 7. The molecular weight excluding hydrogens is 248 g/mol. The standard InChI is InChI=1S/C17H34N2O/c1-3-19-12-9-16(10-13-19)15(2)18-11-14-20-17-7-5-4-6-8-17/h15-18H,3-14H2,1-2H3. The van der Waals surface area contributed by atoms with Crippen LogP contribution in [0.15, 0.2) is 0 Å². The topological polar surface area (TPSA) is 24.5 Å². The van der Waals surface area contributed by atoms with Crippen LogP contribution in [0.5, 0.6) is 0 Å². The average Bonchev–Trinajstić information content (AvgIpc) is 2.52. The summed E-state index contributed by atoms with van der Waals surface area (Å²) in [6, 6.07) is 0.643. The third-order valence-corrected chi connectivity index (χ3v) is 5.26. The molecular formula is C17H34N2O. The molecule has 0 radical (unpaired) electrons. The highest BCUT2D eigenvalue weighted by atomic mass is 16.5. The normalized spacial score (nSPS) is 24.9. The summed E-state index contributed by atoms with van der Waals surface area (Å²) in [5, 5.41) is 3.68. The van der Waals surface area contributed by atoms with Crippen LogP contribution in [0.4, 0.5) is 0 Å². The number of piperidine rings is 1. The molecule has 0 bridgehead atoms. The first-order valence-electron chi connectivity index (χ1n) is 8.87. The van der Waals surface area contributed by atoms with Crippen molar-refractivity contribution in [2.75, 3.05) is 32.8 Å². The zero-order valence-electron chi connectivity index (χ0n) is 13.6. The number of nitrogens with one attached hydrogen (secondary N) is 1. The maximum atomic E-state index is 5.98. The van der Waals surface area contributed by atoms with Gasteiger partial charge in [0.2, 0.25) is 0 Å². The van der Waals surface area contributed by atoms with Gasteiger partial charge < -0.3 is 15.0 Å². The highest BCUT2D eigenvalue weighted by molar-refractivity contribution is 4.79. The summed E-state index contributed by atoms with van der Waals surface area (Å²) in [5.74, 6) is 0.854. The Morgan fingerprint density at radius 2 is 1.80 bits per heavy atom. The smallest absolute Gasteiger partial charge is 0.0594 e. The van der Waals surface area contributed by atoms with Crippen molar-refractivity contribution >= 4 is 0 Å². The van der Waals surface area contributed by atoms with Gasteiger partial charge in [0, 0.05) is 12.6 Å². The molecule has 2 fully saturated rings. The van der Waals surface area contributed by atoms with Crippen molar-refractivity contribution in [3.05, 3.63) is 0 Å². The Kier molecular flexibility index (Phi) is 7.32. The second kappa shape index (κ2) is 9.01. The summed E-state index contributed by atoms with van der Waals surface area (Å²) in [6.07, 6.45) is 9.96. The van der Waals surface area contributed by atoms with Crippen LogP contribution in [0.25, 0.3) is 0 Å². The molecule has 2 aliphatic rings. The van der Waals surface area contributed by atoms with Gasteiger partial charge in [0.15, 0.2) is 0 Å². The van der Waals surface area contributed by atoms with Crippen LogP contribution >= 0.6 is 0 Å². The highest BCUT2D eigenvalue weighted by Gasteiger charge is 2.22. The van der Waals surface area contributed by atoms with Gasteiger partial charge in [-0.3, -0.25) is 0 Å². The van der Waals surface area contributed by atoms with E-state index in [4.69, 9.17) is 4.74 Å². The van der Waals surface area contributed by atoms with E-state index in [1.807, 2.05) is 0 Å². The van der Waals surface area contributed by atoms with Crippen LogP contribution < -0.4 is 5.32 Å². The zero-order valence-corrected chi connectivity index (χ0v) is 13.6. The van der Waals surface area contributed by atoms with Crippen LogP contribution in [0.2, 0.25) is 0 Å². The van der Waals surface area contributed by atoms with Crippen molar-refractivity contribution in [3.8, 4) is 0 Å². The van der Waals surface area contributed by atoms with E-state index in [-0.39, 0.29) is 0 Å². The lowest BCUT2D eigenvalue weighted by atomic mass is 9.90. The second-order valence-corrected chi connectivity index (χ2v) is 6.65. The quantitative estimate of drug-likeness (QED) is 0.726. The Balaban J connectivity index is 1.52. The number of hydrogen-bond acceptors (Lipinski definition) is 3. The minimum atomic E-state index is 0.550. The van der Waals surface area contributed by atoms with Crippen LogP contribution in [0, 0.1) is 5.92 Å². The van der Waals surface area contributed by atoms with Crippen LogP contribution in [-0.2, 0) is 4.74 Å². The summed E-state index contributed by atoms with van der Waals surface area (Å²) in [6.45, 7) is 10.3. The molecule has 1 N–H and O–H groups in total. The first-order valence-corrected chi connectivity index (χ1v) is 8.87. The molecule has 1 atom stereocenters. The zero-order chi connectivity index (χ0) is 14.2. The molecule has 1 aliphatic heterocycles. The second-order valence-electron chi connectivity index (χ2n) is 6.65. The molecule has 1 unspecified atom stereocenters. The maximum absolute atomic E-state index is 5.98.